The number of piperazine rings is 1. The molecule has 1 fully saturated rings. The first kappa shape index (κ1) is 26.7. The molecular formula is C28H24F3N5O4. The van der Waals surface area contributed by atoms with Crippen molar-refractivity contribution in [2.75, 3.05) is 37.6 Å². The number of halogens is 3. The van der Waals surface area contributed by atoms with Gasteiger partial charge in [-0.05, 0) is 30.3 Å². The van der Waals surface area contributed by atoms with E-state index in [1.807, 2.05) is 0 Å². The Morgan fingerprint density at radius 3 is 2.33 bits per heavy atom. The summed E-state index contributed by atoms with van der Waals surface area (Å²) in [5.41, 5.74) is -0.536. The van der Waals surface area contributed by atoms with Crippen LogP contribution in [0.3, 0.4) is 0 Å². The highest BCUT2D eigenvalue weighted by Gasteiger charge is 2.40. The molecule has 3 N–H and O–H groups in total. The molecule has 0 spiro atoms. The van der Waals surface area contributed by atoms with Crippen LogP contribution in [0.2, 0.25) is 0 Å². The topological polar surface area (TPSA) is 115 Å². The maximum Gasteiger partial charge on any atom is 0.417 e. The summed E-state index contributed by atoms with van der Waals surface area (Å²) in [6, 6.07) is 10.5. The van der Waals surface area contributed by atoms with E-state index in [1.54, 1.807) is 34.1 Å². The predicted octanol–water partition coefficient (Wildman–Crippen LogP) is 2.70. The van der Waals surface area contributed by atoms with Crippen LogP contribution >= 0.6 is 0 Å². The molecule has 4 amide bonds. The number of H-pyrrole nitrogens is 1. The zero-order valence-electron chi connectivity index (χ0n) is 21.1. The molecule has 1 aromatic heterocycles. The van der Waals surface area contributed by atoms with Crippen LogP contribution in [0.4, 0.5) is 18.9 Å². The number of aromatic nitrogens is 1. The van der Waals surface area contributed by atoms with Crippen molar-refractivity contribution in [3.63, 3.8) is 0 Å². The Kier molecular flexibility index (Phi) is 6.92. The number of nitrogens with zero attached hydrogens (tertiary/aromatic N) is 2. The Morgan fingerprint density at radius 1 is 0.975 bits per heavy atom. The van der Waals surface area contributed by atoms with Crippen LogP contribution in [-0.4, -0.2) is 66.2 Å². The summed E-state index contributed by atoms with van der Waals surface area (Å²) in [4.78, 5) is 56.0. The number of benzene rings is 2. The molecule has 1 saturated heterocycles. The molecule has 206 valence electrons. The van der Waals surface area contributed by atoms with E-state index in [-0.39, 0.29) is 36.7 Å². The lowest BCUT2D eigenvalue weighted by atomic mass is 9.92. The summed E-state index contributed by atoms with van der Waals surface area (Å²) in [6.45, 7) is 4.32. The molecule has 2 aromatic carbocycles. The van der Waals surface area contributed by atoms with Gasteiger partial charge in [0.25, 0.3) is 11.8 Å². The summed E-state index contributed by atoms with van der Waals surface area (Å²) in [7, 11) is 0. The summed E-state index contributed by atoms with van der Waals surface area (Å²) in [6.07, 6.45) is -2.23. The van der Waals surface area contributed by atoms with Crippen LogP contribution < -0.4 is 15.5 Å². The molecule has 12 heteroatoms. The lowest BCUT2D eigenvalue weighted by Crippen LogP contribution is -2.51. The lowest BCUT2D eigenvalue weighted by Gasteiger charge is -2.36. The highest BCUT2D eigenvalue weighted by molar-refractivity contribution is 6.50. The quantitative estimate of drug-likeness (QED) is 0.322. The van der Waals surface area contributed by atoms with E-state index in [4.69, 9.17) is 0 Å². The molecule has 3 heterocycles. The van der Waals surface area contributed by atoms with Crippen LogP contribution in [0.5, 0.6) is 0 Å². The SMILES string of the molecule is C=CC(=O)NCC(=O)N1CCN(c2ccc(C(F)(F)F)c(C3=C(c4c[nH]c5ccccc45)C(=O)NC3=O)c2)CC1. The van der Waals surface area contributed by atoms with Crippen molar-refractivity contribution >= 4 is 51.4 Å². The molecule has 9 nitrogen and oxygen atoms in total. The third-order valence-corrected chi connectivity index (χ3v) is 6.96. The number of carbonyl (C=O) groups is 4. The van der Waals surface area contributed by atoms with Gasteiger partial charge in [0.2, 0.25) is 11.8 Å². The van der Waals surface area contributed by atoms with Gasteiger partial charge < -0.3 is 20.1 Å². The zero-order chi connectivity index (χ0) is 28.6. The van der Waals surface area contributed by atoms with Gasteiger partial charge in [-0.1, -0.05) is 24.8 Å². The van der Waals surface area contributed by atoms with Crippen LogP contribution in [0.1, 0.15) is 16.7 Å². The summed E-state index contributed by atoms with van der Waals surface area (Å²) < 4.78 is 42.5. The zero-order valence-corrected chi connectivity index (χ0v) is 21.1. The van der Waals surface area contributed by atoms with E-state index >= 15 is 0 Å². The molecule has 5 rings (SSSR count). The van der Waals surface area contributed by atoms with Crippen molar-refractivity contribution in [3.8, 4) is 0 Å². The number of amides is 4. The fourth-order valence-corrected chi connectivity index (χ4v) is 4.99. The normalized spacial score (nSPS) is 16.0. The Hall–Kier alpha value is -4.87. The third-order valence-electron chi connectivity index (χ3n) is 6.96. The van der Waals surface area contributed by atoms with Crippen molar-refractivity contribution in [3.05, 3.63) is 78.0 Å². The number of imide groups is 1. The van der Waals surface area contributed by atoms with E-state index in [2.05, 4.69) is 22.2 Å². The third kappa shape index (κ3) is 4.95. The van der Waals surface area contributed by atoms with Gasteiger partial charge in [0.15, 0.2) is 0 Å². The highest BCUT2D eigenvalue weighted by Crippen LogP contribution is 2.42. The number of nitrogens with one attached hydrogen (secondary N) is 3. The summed E-state index contributed by atoms with van der Waals surface area (Å²) in [5.74, 6) is -2.46. The van der Waals surface area contributed by atoms with Gasteiger partial charge in [-0.3, -0.25) is 24.5 Å². The maximum absolute atomic E-state index is 14.2. The Balaban J connectivity index is 1.50. The molecule has 0 radical (unpaired) electrons. The number of anilines is 1. The van der Waals surface area contributed by atoms with Gasteiger partial charge in [0.05, 0.1) is 23.3 Å². The lowest BCUT2D eigenvalue weighted by molar-refractivity contribution is -0.137. The summed E-state index contributed by atoms with van der Waals surface area (Å²) in [5, 5.41) is 5.18. The van der Waals surface area contributed by atoms with Gasteiger partial charge in [0.1, 0.15) is 0 Å². The number of hydrogen-bond acceptors (Lipinski definition) is 5. The van der Waals surface area contributed by atoms with Crippen LogP contribution in [0.15, 0.2) is 61.3 Å². The van der Waals surface area contributed by atoms with Crippen molar-refractivity contribution in [2.24, 2.45) is 0 Å². The Morgan fingerprint density at radius 2 is 1.65 bits per heavy atom. The number of para-hydroxylation sites is 1. The van der Waals surface area contributed by atoms with Gasteiger partial charge >= 0.3 is 6.18 Å². The second kappa shape index (κ2) is 10.4. The minimum Gasteiger partial charge on any atom is -0.368 e. The Bertz CT molecular complexity index is 1580. The first-order valence-electron chi connectivity index (χ1n) is 12.4. The molecule has 0 aliphatic carbocycles. The van der Waals surface area contributed by atoms with Crippen molar-refractivity contribution < 1.29 is 32.3 Å². The van der Waals surface area contributed by atoms with E-state index in [0.717, 1.165) is 12.1 Å². The molecule has 0 atom stereocenters. The summed E-state index contributed by atoms with van der Waals surface area (Å²) >= 11 is 0. The average Bonchev–Trinajstić information content (AvgIpc) is 3.49. The molecule has 0 unspecified atom stereocenters. The van der Waals surface area contributed by atoms with E-state index in [0.29, 0.717) is 35.2 Å². The average molecular weight is 552 g/mol. The predicted molar refractivity (Wildman–Crippen MR) is 142 cm³/mol. The molecule has 0 saturated carbocycles. The van der Waals surface area contributed by atoms with Gasteiger partial charge in [-0.25, -0.2) is 0 Å². The fourth-order valence-electron chi connectivity index (χ4n) is 4.99. The second-order valence-electron chi connectivity index (χ2n) is 9.30. The second-order valence-corrected chi connectivity index (χ2v) is 9.30. The Labute approximate surface area is 226 Å². The van der Waals surface area contributed by atoms with E-state index < -0.39 is 35.0 Å². The van der Waals surface area contributed by atoms with Gasteiger partial charge in [0, 0.05) is 60.1 Å². The molecule has 40 heavy (non-hydrogen) atoms. The smallest absolute Gasteiger partial charge is 0.368 e. The first-order chi connectivity index (χ1) is 19.1. The minimum atomic E-state index is -4.79. The van der Waals surface area contributed by atoms with Crippen LogP contribution in [0.25, 0.3) is 22.0 Å². The van der Waals surface area contributed by atoms with E-state index in [1.165, 1.54) is 18.3 Å². The largest absolute Gasteiger partial charge is 0.417 e. The van der Waals surface area contributed by atoms with E-state index in [9.17, 15) is 32.3 Å². The minimum absolute atomic E-state index is 0.137. The number of carbonyl (C=O) groups excluding carboxylic acids is 4. The standard InChI is InChI=1S/C28H24F3N5O4/c1-2-22(37)33-15-23(38)36-11-9-35(10-12-36)16-7-8-20(28(29,30)31)18(13-16)24-25(27(40)34-26(24)39)19-14-32-21-6-4-3-5-17(19)21/h2-8,13-14,32H,1,9-12,15H2,(H,33,37)(H,34,39,40). The number of fused-ring (bicyclic) bond motifs is 1. The number of aromatic amines is 1. The number of alkyl halides is 3. The van der Waals surface area contributed by atoms with Gasteiger partial charge in [-0.2, -0.15) is 13.2 Å². The van der Waals surface area contributed by atoms with Crippen LogP contribution in [-0.2, 0) is 25.4 Å². The molecule has 2 aliphatic heterocycles. The van der Waals surface area contributed by atoms with Crippen LogP contribution in [0, 0.1) is 0 Å². The molecular weight excluding hydrogens is 527 g/mol. The number of rotatable bonds is 6. The number of hydrogen-bond donors (Lipinski definition) is 3. The molecule has 0 bridgehead atoms. The van der Waals surface area contributed by atoms with Crippen molar-refractivity contribution in [1.82, 2.24) is 20.5 Å². The van der Waals surface area contributed by atoms with Crippen molar-refractivity contribution in [2.45, 2.75) is 6.18 Å². The molecule has 3 aromatic rings. The first-order valence-corrected chi connectivity index (χ1v) is 12.4. The van der Waals surface area contributed by atoms with Crippen molar-refractivity contribution in [1.29, 1.82) is 0 Å². The van der Waals surface area contributed by atoms with Gasteiger partial charge in [-0.15, -0.1) is 0 Å². The monoisotopic (exact) mass is 551 g/mol. The fraction of sp³-hybridized carbons (Fsp3) is 0.214. The maximum atomic E-state index is 14.2. The molecule has 2 aliphatic rings. The highest BCUT2D eigenvalue weighted by atomic mass is 19.4.